The van der Waals surface area contributed by atoms with Crippen molar-refractivity contribution in [2.45, 2.75) is 19.5 Å². The monoisotopic (exact) mass is 409 g/mol. The quantitative estimate of drug-likeness (QED) is 0.650. The Labute approximate surface area is 161 Å². The number of aromatic nitrogens is 1. The van der Waals surface area contributed by atoms with E-state index in [1.807, 2.05) is 0 Å². The van der Waals surface area contributed by atoms with Gasteiger partial charge in [0.15, 0.2) is 5.13 Å². The number of benzene rings is 1. The summed E-state index contributed by atoms with van der Waals surface area (Å²) in [7, 11) is 0. The third kappa shape index (κ3) is 4.77. The lowest BCUT2D eigenvalue weighted by atomic mass is 10.2. The van der Waals surface area contributed by atoms with Crippen LogP contribution in [0.15, 0.2) is 46.4 Å². The summed E-state index contributed by atoms with van der Waals surface area (Å²) >= 11 is 1.13. The Balaban J connectivity index is 1.60. The fourth-order valence-electron chi connectivity index (χ4n) is 2.37. The van der Waals surface area contributed by atoms with E-state index in [0.717, 1.165) is 23.5 Å². The molecular weight excluding hydrogens is 395 g/mol. The van der Waals surface area contributed by atoms with E-state index >= 15 is 0 Å². The summed E-state index contributed by atoms with van der Waals surface area (Å²) in [6.07, 6.45) is -3.24. The molecule has 2 heterocycles. The van der Waals surface area contributed by atoms with Gasteiger partial charge in [-0.05, 0) is 31.2 Å². The SMILES string of the molecule is Cc1occc1C(=O)Nc1nc(CC(=O)Nc2cccc(C(F)(F)F)c2)cs1. The number of nitrogens with zero attached hydrogens (tertiary/aromatic N) is 1. The minimum atomic E-state index is -4.49. The minimum absolute atomic E-state index is 0.0408. The van der Waals surface area contributed by atoms with Crippen LogP contribution >= 0.6 is 11.3 Å². The maximum absolute atomic E-state index is 12.7. The molecule has 3 rings (SSSR count). The number of carbonyl (C=O) groups excluding carboxylic acids is 2. The summed E-state index contributed by atoms with van der Waals surface area (Å²) in [5, 5.41) is 6.90. The number of aryl methyl sites for hydroxylation is 1. The molecule has 0 aliphatic heterocycles. The van der Waals surface area contributed by atoms with Gasteiger partial charge in [0, 0.05) is 11.1 Å². The predicted molar refractivity (Wildman–Crippen MR) is 97.3 cm³/mol. The normalized spacial score (nSPS) is 11.3. The molecule has 0 fully saturated rings. The summed E-state index contributed by atoms with van der Waals surface area (Å²) < 4.78 is 43.2. The van der Waals surface area contributed by atoms with Crippen molar-refractivity contribution in [3.8, 4) is 0 Å². The third-order valence-corrected chi connectivity index (χ3v) is 4.50. The molecule has 10 heteroatoms. The third-order valence-electron chi connectivity index (χ3n) is 3.69. The summed E-state index contributed by atoms with van der Waals surface area (Å²) in [6.45, 7) is 1.65. The highest BCUT2D eigenvalue weighted by Crippen LogP contribution is 2.30. The number of thiazole rings is 1. The Morgan fingerprint density at radius 3 is 2.68 bits per heavy atom. The van der Waals surface area contributed by atoms with Gasteiger partial charge in [-0.3, -0.25) is 14.9 Å². The molecule has 28 heavy (non-hydrogen) atoms. The molecule has 1 aromatic carbocycles. The maximum atomic E-state index is 12.7. The van der Waals surface area contributed by atoms with E-state index in [2.05, 4.69) is 15.6 Å². The predicted octanol–water partition coefficient (Wildman–Crippen LogP) is 4.50. The number of nitrogens with one attached hydrogen (secondary N) is 2. The Kier molecular flexibility index (Phi) is 5.50. The van der Waals surface area contributed by atoms with Crippen LogP contribution in [0.3, 0.4) is 0 Å². The number of anilines is 2. The van der Waals surface area contributed by atoms with Crippen molar-refractivity contribution in [1.82, 2.24) is 4.98 Å². The minimum Gasteiger partial charge on any atom is -0.469 e. The molecular formula is C18H14F3N3O3S. The van der Waals surface area contributed by atoms with Crippen molar-refractivity contribution in [3.63, 3.8) is 0 Å². The number of furan rings is 1. The van der Waals surface area contributed by atoms with Gasteiger partial charge in [0.1, 0.15) is 5.76 Å². The van der Waals surface area contributed by atoms with Gasteiger partial charge in [0.25, 0.3) is 5.91 Å². The lowest BCUT2D eigenvalue weighted by molar-refractivity contribution is -0.137. The van der Waals surface area contributed by atoms with Crippen LogP contribution in [0.1, 0.15) is 27.4 Å². The second-order valence-electron chi connectivity index (χ2n) is 5.79. The van der Waals surface area contributed by atoms with E-state index in [4.69, 9.17) is 4.42 Å². The summed E-state index contributed by atoms with van der Waals surface area (Å²) in [6, 6.07) is 5.90. The van der Waals surface area contributed by atoms with E-state index in [0.29, 0.717) is 22.1 Å². The van der Waals surface area contributed by atoms with Gasteiger partial charge in [-0.1, -0.05) is 6.07 Å². The zero-order valence-electron chi connectivity index (χ0n) is 14.5. The number of hydrogen-bond donors (Lipinski definition) is 2. The van der Waals surface area contributed by atoms with Gasteiger partial charge >= 0.3 is 6.18 Å². The number of alkyl halides is 3. The molecule has 2 aromatic heterocycles. The molecule has 0 atom stereocenters. The van der Waals surface area contributed by atoms with Crippen molar-refractivity contribution in [2.24, 2.45) is 0 Å². The van der Waals surface area contributed by atoms with Gasteiger partial charge in [-0.15, -0.1) is 11.3 Å². The van der Waals surface area contributed by atoms with Gasteiger partial charge in [-0.25, -0.2) is 4.98 Å². The summed E-state index contributed by atoms with van der Waals surface area (Å²) in [5.41, 5.74) is -0.0507. The molecule has 2 N–H and O–H groups in total. The van der Waals surface area contributed by atoms with Crippen LogP contribution in [0.4, 0.5) is 24.0 Å². The summed E-state index contributed by atoms with van der Waals surface area (Å²) in [4.78, 5) is 28.3. The molecule has 2 amide bonds. The van der Waals surface area contributed by atoms with Crippen LogP contribution in [-0.4, -0.2) is 16.8 Å². The van der Waals surface area contributed by atoms with Crippen LogP contribution in [0.25, 0.3) is 0 Å². The number of hydrogen-bond acceptors (Lipinski definition) is 5. The molecule has 6 nitrogen and oxygen atoms in total. The van der Waals surface area contributed by atoms with E-state index in [1.165, 1.54) is 24.5 Å². The average molecular weight is 409 g/mol. The molecule has 0 unspecified atom stereocenters. The molecule has 0 saturated carbocycles. The smallest absolute Gasteiger partial charge is 0.416 e. The largest absolute Gasteiger partial charge is 0.469 e. The van der Waals surface area contributed by atoms with Crippen LogP contribution in [-0.2, 0) is 17.4 Å². The lowest BCUT2D eigenvalue weighted by Gasteiger charge is -2.09. The van der Waals surface area contributed by atoms with Gasteiger partial charge in [0.2, 0.25) is 5.91 Å². The first-order valence-electron chi connectivity index (χ1n) is 7.99. The number of halogens is 3. The van der Waals surface area contributed by atoms with E-state index < -0.39 is 17.6 Å². The first-order valence-corrected chi connectivity index (χ1v) is 8.87. The highest BCUT2D eigenvalue weighted by atomic mass is 32.1. The molecule has 0 bridgehead atoms. The zero-order valence-corrected chi connectivity index (χ0v) is 15.3. The van der Waals surface area contributed by atoms with Crippen molar-refractivity contribution in [1.29, 1.82) is 0 Å². The van der Waals surface area contributed by atoms with E-state index in [9.17, 15) is 22.8 Å². The number of rotatable bonds is 5. The Morgan fingerprint density at radius 2 is 2.00 bits per heavy atom. The van der Waals surface area contributed by atoms with E-state index in [-0.39, 0.29) is 18.0 Å². The van der Waals surface area contributed by atoms with E-state index in [1.54, 1.807) is 12.3 Å². The van der Waals surface area contributed by atoms with Crippen molar-refractivity contribution in [3.05, 3.63) is 64.6 Å². The Bertz CT molecular complexity index is 1010. The maximum Gasteiger partial charge on any atom is 0.416 e. The molecule has 0 aliphatic carbocycles. The highest BCUT2D eigenvalue weighted by Gasteiger charge is 2.30. The van der Waals surface area contributed by atoms with Gasteiger partial charge in [0.05, 0.1) is 29.5 Å². The molecule has 0 aliphatic rings. The van der Waals surface area contributed by atoms with Gasteiger partial charge < -0.3 is 9.73 Å². The standard InChI is InChI=1S/C18H14F3N3O3S/c1-10-14(5-6-27-10)16(26)24-17-23-13(9-28-17)8-15(25)22-12-4-2-3-11(7-12)18(19,20)21/h2-7,9H,8H2,1H3,(H,22,25)(H,23,24,26). The van der Waals surface area contributed by atoms with Crippen LogP contribution < -0.4 is 10.6 Å². The number of amides is 2. The van der Waals surface area contributed by atoms with Crippen LogP contribution in [0.2, 0.25) is 0 Å². The molecule has 146 valence electrons. The second kappa shape index (κ2) is 7.85. The van der Waals surface area contributed by atoms with Crippen LogP contribution in [0.5, 0.6) is 0 Å². The first kappa shape index (κ1) is 19.6. The first-order chi connectivity index (χ1) is 13.2. The Morgan fingerprint density at radius 1 is 1.21 bits per heavy atom. The molecule has 3 aromatic rings. The zero-order chi connectivity index (χ0) is 20.3. The fourth-order valence-corrected chi connectivity index (χ4v) is 3.08. The highest BCUT2D eigenvalue weighted by molar-refractivity contribution is 7.14. The molecule has 0 radical (unpaired) electrons. The Hall–Kier alpha value is -3.14. The van der Waals surface area contributed by atoms with Crippen molar-refractivity contribution >= 4 is 34.0 Å². The van der Waals surface area contributed by atoms with Crippen LogP contribution in [0, 0.1) is 6.92 Å². The fraction of sp³-hybridized carbons (Fsp3) is 0.167. The second-order valence-corrected chi connectivity index (χ2v) is 6.65. The van der Waals surface area contributed by atoms with Crippen molar-refractivity contribution in [2.75, 3.05) is 10.6 Å². The van der Waals surface area contributed by atoms with Crippen molar-refractivity contribution < 1.29 is 27.2 Å². The average Bonchev–Trinajstić information content (AvgIpc) is 3.23. The molecule has 0 saturated heterocycles. The summed E-state index contributed by atoms with van der Waals surface area (Å²) in [5.74, 6) is -0.441. The molecule has 0 spiro atoms. The lowest BCUT2D eigenvalue weighted by Crippen LogP contribution is -2.16. The van der Waals surface area contributed by atoms with Gasteiger partial charge in [-0.2, -0.15) is 13.2 Å². The topological polar surface area (TPSA) is 84.2 Å². The number of carbonyl (C=O) groups is 2.